The first-order valence-electron chi connectivity index (χ1n) is 11.0. The summed E-state index contributed by atoms with van der Waals surface area (Å²) < 4.78 is 47.7. The SMILES string of the molecule is O=C(c1cccc(F)c1)N1CCN(C[C@@H](OCc2c(F)cccc2F)c2ccc(Cl)cc2)CC1. The third-order valence-corrected chi connectivity index (χ3v) is 6.14. The van der Waals surface area contributed by atoms with Crippen molar-refractivity contribution >= 4 is 17.5 Å². The van der Waals surface area contributed by atoms with Gasteiger partial charge in [-0.2, -0.15) is 0 Å². The fourth-order valence-corrected chi connectivity index (χ4v) is 4.08. The average molecular weight is 489 g/mol. The van der Waals surface area contributed by atoms with E-state index in [9.17, 15) is 18.0 Å². The number of halogens is 4. The minimum Gasteiger partial charge on any atom is -0.367 e. The van der Waals surface area contributed by atoms with Crippen LogP contribution in [0.1, 0.15) is 27.6 Å². The van der Waals surface area contributed by atoms with E-state index in [0.717, 1.165) is 5.56 Å². The fraction of sp³-hybridized carbons (Fsp3) is 0.269. The third kappa shape index (κ3) is 5.97. The molecule has 0 radical (unpaired) electrons. The van der Waals surface area contributed by atoms with Gasteiger partial charge in [-0.1, -0.05) is 35.9 Å². The zero-order valence-electron chi connectivity index (χ0n) is 18.4. The van der Waals surface area contributed by atoms with Gasteiger partial charge in [0, 0.05) is 48.9 Å². The number of hydrogen-bond donors (Lipinski definition) is 0. The quantitative estimate of drug-likeness (QED) is 0.442. The molecule has 1 saturated heterocycles. The van der Waals surface area contributed by atoms with Gasteiger partial charge >= 0.3 is 0 Å². The Labute approximate surface area is 201 Å². The van der Waals surface area contributed by atoms with E-state index >= 15 is 0 Å². The maximum atomic E-state index is 14.1. The Morgan fingerprint density at radius 2 is 1.56 bits per heavy atom. The highest BCUT2D eigenvalue weighted by molar-refractivity contribution is 6.30. The summed E-state index contributed by atoms with van der Waals surface area (Å²) in [6, 6.07) is 16.5. The number of carbonyl (C=O) groups is 1. The van der Waals surface area contributed by atoms with Crippen molar-refractivity contribution in [1.82, 2.24) is 9.80 Å². The number of ether oxygens (including phenoxy) is 1. The Balaban J connectivity index is 1.41. The molecule has 0 saturated carbocycles. The van der Waals surface area contributed by atoms with Crippen LogP contribution < -0.4 is 0 Å². The predicted molar refractivity (Wildman–Crippen MR) is 124 cm³/mol. The number of nitrogens with zero attached hydrogens (tertiary/aromatic N) is 2. The molecule has 178 valence electrons. The van der Waals surface area contributed by atoms with Crippen molar-refractivity contribution in [3.63, 3.8) is 0 Å². The molecule has 34 heavy (non-hydrogen) atoms. The molecule has 1 heterocycles. The van der Waals surface area contributed by atoms with Gasteiger partial charge in [-0.3, -0.25) is 9.69 Å². The summed E-state index contributed by atoms with van der Waals surface area (Å²) >= 11 is 6.02. The average Bonchev–Trinajstić information content (AvgIpc) is 2.83. The first kappa shape index (κ1) is 24.3. The molecule has 0 unspecified atom stereocenters. The normalized spacial score (nSPS) is 15.4. The van der Waals surface area contributed by atoms with Gasteiger partial charge in [0.2, 0.25) is 0 Å². The highest BCUT2D eigenvalue weighted by atomic mass is 35.5. The molecular weight excluding hydrogens is 465 g/mol. The van der Waals surface area contributed by atoms with Crippen LogP contribution in [0.5, 0.6) is 0 Å². The zero-order chi connectivity index (χ0) is 24.1. The Hall–Kier alpha value is -2.87. The maximum absolute atomic E-state index is 14.1. The second-order valence-corrected chi connectivity index (χ2v) is 8.59. The molecule has 3 aromatic carbocycles. The first-order valence-corrected chi connectivity index (χ1v) is 11.4. The lowest BCUT2D eigenvalue weighted by molar-refractivity contribution is 0.00144. The molecule has 4 rings (SSSR count). The summed E-state index contributed by atoms with van der Waals surface area (Å²) in [4.78, 5) is 16.5. The molecule has 1 fully saturated rings. The molecule has 8 heteroatoms. The number of rotatable bonds is 7. The third-order valence-electron chi connectivity index (χ3n) is 5.89. The second kappa shape index (κ2) is 11.0. The van der Waals surface area contributed by atoms with Crippen molar-refractivity contribution in [2.75, 3.05) is 32.7 Å². The van der Waals surface area contributed by atoms with Crippen molar-refractivity contribution in [2.24, 2.45) is 0 Å². The summed E-state index contributed by atoms with van der Waals surface area (Å²) in [6.07, 6.45) is -0.457. The molecule has 1 atom stereocenters. The summed E-state index contributed by atoms with van der Waals surface area (Å²) in [5.74, 6) is -1.96. The van der Waals surface area contributed by atoms with Gasteiger partial charge in [0.05, 0.1) is 12.7 Å². The van der Waals surface area contributed by atoms with E-state index < -0.39 is 23.6 Å². The molecule has 0 aromatic heterocycles. The van der Waals surface area contributed by atoms with Gasteiger partial charge in [0.1, 0.15) is 17.5 Å². The van der Waals surface area contributed by atoms with Gasteiger partial charge in [-0.25, -0.2) is 13.2 Å². The molecule has 0 spiro atoms. The van der Waals surface area contributed by atoms with Crippen molar-refractivity contribution in [2.45, 2.75) is 12.7 Å². The van der Waals surface area contributed by atoms with Crippen molar-refractivity contribution in [3.8, 4) is 0 Å². The predicted octanol–water partition coefficient (Wildman–Crippen LogP) is 5.47. The molecule has 0 aliphatic carbocycles. The second-order valence-electron chi connectivity index (χ2n) is 8.15. The lowest BCUT2D eigenvalue weighted by Gasteiger charge is -2.36. The summed E-state index contributed by atoms with van der Waals surface area (Å²) in [5.41, 5.74) is 1.04. The molecule has 0 N–H and O–H groups in total. The Morgan fingerprint density at radius 3 is 2.21 bits per heavy atom. The van der Waals surface area contributed by atoms with E-state index in [0.29, 0.717) is 43.3 Å². The van der Waals surface area contributed by atoms with Crippen LogP contribution in [0, 0.1) is 17.5 Å². The van der Waals surface area contributed by atoms with E-state index in [2.05, 4.69) is 4.90 Å². The number of piperazine rings is 1. The topological polar surface area (TPSA) is 32.8 Å². The Morgan fingerprint density at radius 1 is 0.912 bits per heavy atom. The molecule has 1 aliphatic heterocycles. The number of benzene rings is 3. The molecule has 3 aromatic rings. The van der Waals surface area contributed by atoms with Gasteiger partial charge in [-0.05, 0) is 48.0 Å². The van der Waals surface area contributed by atoms with Gasteiger partial charge in [0.25, 0.3) is 5.91 Å². The molecule has 1 amide bonds. The monoisotopic (exact) mass is 488 g/mol. The van der Waals surface area contributed by atoms with Crippen LogP contribution in [0.2, 0.25) is 5.02 Å². The number of hydrogen-bond acceptors (Lipinski definition) is 3. The minimum absolute atomic E-state index is 0.119. The molecule has 0 bridgehead atoms. The van der Waals surface area contributed by atoms with E-state index in [4.69, 9.17) is 16.3 Å². The van der Waals surface area contributed by atoms with Gasteiger partial charge < -0.3 is 9.64 Å². The molecule has 1 aliphatic rings. The van der Waals surface area contributed by atoms with E-state index in [-0.39, 0.29) is 18.1 Å². The van der Waals surface area contributed by atoms with Crippen LogP contribution in [-0.2, 0) is 11.3 Å². The van der Waals surface area contributed by atoms with Gasteiger partial charge in [0.15, 0.2) is 0 Å². The summed E-state index contributed by atoms with van der Waals surface area (Å²) in [7, 11) is 0. The largest absolute Gasteiger partial charge is 0.367 e. The van der Waals surface area contributed by atoms with E-state index in [1.165, 1.54) is 36.4 Å². The van der Waals surface area contributed by atoms with Crippen LogP contribution in [0.25, 0.3) is 0 Å². The van der Waals surface area contributed by atoms with Crippen LogP contribution in [0.4, 0.5) is 13.2 Å². The first-order chi connectivity index (χ1) is 16.4. The molecular formula is C26H24ClF3N2O2. The lowest BCUT2D eigenvalue weighted by Crippen LogP contribution is -2.49. The van der Waals surface area contributed by atoms with Crippen LogP contribution >= 0.6 is 11.6 Å². The Bertz CT molecular complexity index is 1110. The van der Waals surface area contributed by atoms with Crippen molar-refractivity contribution in [3.05, 3.63) is 106 Å². The highest BCUT2D eigenvalue weighted by Gasteiger charge is 2.25. The van der Waals surface area contributed by atoms with Crippen molar-refractivity contribution in [1.29, 1.82) is 0 Å². The number of carbonyl (C=O) groups excluding carboxylic acids is 1. The Kier molecular flexibility index (Phi) is 7.88. The van der Waals surface area contributed by atoms with E-state index in [1.807, 2.05) is 12.1 Å². The van der Waals surface area contributed by atoms with Gasteiger partial charge in [-0.15, -0.1) is 0 Å². The van der Waals surface area contributed by atoms with Crippen LogP contribution in [0.3, 0.4) is 0 Å². The van der Waals surface area contributed by atoms with Crippen molar-refractivity contribution < 1.29 is 22.7 Å². The highest BCUT2D eigenvalue weighted by Crippen LogP contribution is 2.25. The maximum Gasteiger partial charge on any atom is 0.254 e. The summed E-state index contributed by atoms with van der Waals surface area (Å²) in [6.45, 7) is 2.38. The standard InChI is InChI=1S/C26H24ClF3N2O2/c27-20-9-7-18(8-10-20)25(34-17-22-23(29)5-2-6-24(22)30)16-31-11-13-32(14-12-31)26(33)19-3-1-4-21(28)15-19/h1-10,15,25H,11-14,16-17H2/t25-/m1/s1. The summed E-state index contributed by atoms with van der Waals surface area (Å²) in [5, 5.41) is 0.576. The smallest absolute Gasteiger partial charge is 0.254 e. The van der Waals surface area contributed by atoms with Crippen LogP contribution in [0.15, 0.2) is 66.7 Å². The lowest BCUT2D eigenvalue weighted by atomic mass is 10.1. The number of amides is 1. The van der Waals surface area contributed by atoms with E-state index in [1.54, 1.807) is 23.1 Å². The minimum atomic E-state index is -0.653. The fourth-order valence-electron chi connectivity index (χ4n) is 3.96. The molecule has 4 nitrogen and oxygen atoms in total. The van der Waals surface area contributed by atoms with Crippen LogP contribution in [-0.4, -0.2) is 48.4 Å². The zero-order valence-corrected chi connectivity index (χ0v) is 19.1.